The van der Waals surface area contributed by atoms with Crippen LogP contribution in [0.2, 0.25) is 0 Å². The van der Waals surface area contributed by atoms with Crippen molar-refractivity contribution in [1.29, 1.82) is 0 Å². The lowest BCUT2D eigenvalue weighted by Crippen LogP contribution is -2.37. The number of hydrogen-bond acceptors (Lipinski definition) is 3. The quantitative estimate of drug-likeness (QED) is 0.457. The second kappa shape index (κ2) is 5.33. The Labute approximate surface area is 104 Å². The third kappa shape index (κ3) is 2.49. The van der Waals surface area contributed by atoms with Gasteiger partial charge in [-0.15, -0.1) is 0 Å². The molecule has 1 aromatic heterocycles. The zero-order valence-electron chi connectivity index (χ0n) is 9.81. The normalized spacial score (nSPS) is 11.7. The van der Waals surface area contributed by atoms with Gasteiger partial charge in [0, 0.05) is 23.6 Å². The average Bonchev–Trinajstić information content (AvgIpc) is 2.80. The SMILES string of the molecule is NCCN=C(N)NC(=O)c1c[nH]c2ccccc12. The molecule has 0 saturated heterocycles. The molecule has 0 aliphatic carbocycles. The Morgan fingerprint density at radius 3 is 2.94 bits per heavy atom. The molecule has 6 N–H and O–H groups in total. The minimum Gasteiger partial charge on any atom is -0.370 e. The lowest BCUT2D eigenvalue weighted by molar-refractivity contribution is 0.0978. The van der Waals surface area contributed by atoms with Gasteiger partial charge in [0.15, 0.2) is 5.96 Å². The van der Waals surface area contributed by atoms with Gasteiger partial charge in [-0.1, -0.05) is 18.2 Å². The number of H-pyrrole nitrogens is 1. The van der Waals surface area contributed by atoms with Crippen LogP contribution in [-0.2, 0) is 0 Å². The van der Waals surface area contributed by atoms with Crippen LogP contribution in [0.15, 0.2) is 35.5 Å². The van der Waals surface area contributed by atoms with Gasteiger partial charge in [0.2, 0.25) is 0 Å². The monoisotopic (exact) mass is 245 g/mol. The van der Waals surface area contributed by atoms with Crippen molar-refractivity contribution < 1.29 is 4.79 Å². The van der Waals surface area contributed by atoms with E-state index < -0.39 is 0 Å². The van der Waals surface area contributed by atoms with Crippen molar-refractivity contribution >= 4 is 22.8 Å². The molecule has 0 aliphatic rings. The van der Waals surface area contributed by atoms with E-state index in [2.05, 4.69) is 15.3 Å². The Morgan fingerprint density at radius 2 is 2.17 bits per heavy atom. The number of para-hydroxylation sites is 1. The number of fused-ring (bicyclic) bond motifs is 1. The first-order chi connectivity index (χ1) is 8.72. The molecule has 1 heterocycles. The summed E-state index contributed by atoms with van der Waals surface area (Å²) in [5.74, 6) is -0.207. The van der Waals surface area contributed by atoms with Crippen LogP contribution >= 0.6 is 0 Å². The van der Waals surface area contributed by atoms with Gasteiger partial charge in [0.25, 0.3) is 5.91 Å². The number of nitrogens with one attached hydrogen (secondary N) is 2. The van der Waals surface area contributed by atoms with Gasteiger partial charge in [-0.3, -0.25) is 15.1 Å². The highest BCUT2D eigenvalue weighted by Crippen LogP contribution is 2.17. The molecule has 18 heavy (non-hydrogen) atoms. The van der Waals surface area contributed by atoms with Crippen molar-refractivity contribution in [1.82, 2.24) is 10.3 Å². The highest BCUT2D eigenvalue weighted by molar-refractivity contribution is 6.12. The van der Waals surface area contributed by atoms with Crippen LogP contribution in [0.1, 0.15) is 10.4 Å². The first-order valence-electron chi connectivity index (χ1n) is 5.60. The fraction of sp³-hybridized carbons (Fsp3) is 0.167. The van der Waals surface area contributed by atoms with Gasteiger partial charge in [0.1, 0.15) is 0 Å². The molecule has 0 spiro atoms. The number of rotatable bonds is 3. The molecule has 6 nitrogen and oxygen atoms in total. The summed E-state index contributed by atoms with van der Waals surface area (Å²) in [6.07, 6.45) is 1.65. The molecule has 0 bridgehead atoms. The van der Waals surface area contributed by atoms with E-state index in [9.17, 15) is 4.79 Å². The number of hydrogen-bond donors (Lipinski definition) is 4. The molecule has 94 valence electrons. The fourth-order valence-electron chi connectivity index (χ4n) is 1.67. The molecule has 1 amide bonds. The Kier molecular flexibility index (Phi) is 3.59. The van der Waals surface area contributed by atoms with Crippen molar-refractivity contribution in [3.05, 3.63) is 36.0 Å². The van der Waals surface area contributed by atoms with Crippen molar-refractivity contribution in [3.8, 4) is 0 Å². The van der Waals surface area contributed by atoms with E-state index in [4.69, 9.17) is 11.5 Å². The Balaban J connectivity index is 2.19. The third-order valence-corrected chi connectivity index (χ3v) is 2.49. The lowest BCUT2D eigenvalue weighted by Gasteiger charge is -2.03. The summed E-state index contributed by atoms with van der Waals surface area (Å²) in [6.45, 7) is 0.781. The molecule has 0 fully saturated rings. The molecule has 0 saturated carbocycles. The molecule has 6 heteroatoms. The van der Waals surface area contributed by atoms with Crippen molar-refractivity contribution in [2.75, 3.05) is 13.1 Å². The average molecular weight is 245 g/mol. The van der Waals surface area contributed by atoms with E-state index in [-0.39, 0.29) is 11.9 Å². The second-order valence-electron chi connectivity index (χ2n) is 3.76. The molecule has 0 atom stereocenters. The molecule has 0 unspecified atom stereocenters. The number of aromatic nitrogens is 1. The minimum atomic E-state index is -0.286. The van der Waals surface area contributed by atoms with Gasteiger partial charge < -0.3 is 16.5 Å². The van der Waals surface area contributed by atoms with E-state index in [1.807, 2.05) is 24.3 Å². The molecular formula is C12H15N5O. The van der Waals surface area contributed by atoms with Crippen LogP contribution in [0.4, 0.5) is 0 Å². The smallest absolute Gasteiger partial charge is 0.260 e. The third-order valence-electron chi connectivity index (χ3n) is 2.49. The summed E-state index contributed by atoms with van der Waals surface area (Å²) < 4.78 is 0. The van der Waals surface area contributed by atoms with E-state index in [1.165, 1.54) is 0 Å². The van der Waals surface area contributed by atoms with Crippen LogP contribution in [0.3, 0.4) is 0 Å². The largest absolute Gasteiger partial charge is 0.370 e. The van der Waals surface area contributed by atoms with E-state index in [0.717, 1.165) is 10.9 Å². The number of aliphatic imine (C=N–C) groups is 1. The molecule has 0 radical (unpaired) electrons. The predicted molar refractivity (Wildman–Crippen MR) is 71.3 cm³/mol. The maximum Gasteiger partial charge on any atom is 0.260 e. The number of carbonyl (C=O) groups is 1. The van der Waals surface area contributed by atoms with E-state index in [0.29, 0.717) is 18.7 Å². The van der Waals surface area contributed by atoms with Gasteiger partial charge in [-0.05, 0) is 6.07 Å². The molecular weight excluding hydrogens is 230 g/mol. The topological polar surface area (TPSA) is 109 Å². The van der Waals surface area contributed by atoms with E-state index in [1.54, 1.807) is 6.20 Å². The molecule has 0 aliphatic heterocycles. The lowest BCUT2D eigenvalue weighted by atomic mass is 10.1. The first kappa shape index (κ1) is 12.1. The summed E-state index contributed by atoms with van der Waals surface area (Å²) in [6, 6.07) is 7.54. The van der Waals surface area contributed by atoms with Crippen molar-refractivity contribution in [2.24, 2.45) is 16.5 Å². The Morgan fingerprint density at radius 1 is 1.39 bits per heavy atom. The molecule has 1 aromatic carbocycles. The number of guanidine groups is 1. The Bertz CT molecular complexity index is 587. The predicted octanol–water partition coefficient (Wildman–Crippen LogP) is 0.171. The van der Waals surface area contributed by atoms with Crippen LogP contribution < -0.4 is 16.8 Å². The van der Waals surface area contributed by atoms with Crippen molar-refractivity contribution in [2.45, 2.75) is 0 Å². The van der Waals surface area contributed by atoms with Crippen LogP contribution in [0.25, 0.3) is 10.9 Å². The summed E-state index contributed by atoms with van der Waals surface area (Å²) in [5.41, 5.74) is 12.3. The maximum atomic E-state index is 12.0. The zero-order chi connectivity index (χ0) is 13.0. The maximum absolute atomic E-state index is 12.0. The minimum absolute atomic E-state index is 0.0794. The number of carbonyl (C=O) groups excluding carboxylic acids is 1. The number of nitrogens with zero attached hydrogens (tertiary/aromatic N) is 1. The van der Waals surface area contributed by atoms with Crippen LogP contribution in [0, 0.1) is 0 Å². The van der Waals surface area contributed by atoms with Gasteiger partial charge in [-0.25, -0.2) is 0 Å². The number of benzene rings is 1. The summed E-state index contributed by atoms with van der Waals surface area (Å²) in [5, 5.41) is 3.37. The zero-order valence-corrected chi connectivity index (χ0v) is 9.81. The summed E-state index contributed by atoms with van der Waals surface area (Å²) in [7, 11) is 0. The van der Waals surface area contributed by atoms with Crippen LogP contribution in [-0.4, -0.2) is 29.9 Å². The van der Waals surface area contributed by atoms with E-state index >= 15 is 0 Å². The fourth-order valence-corrected chi connectivity index (χ4v) is 1.67. The van der Waals surface area contributed by atoms with Gasteiger partial charge in [-0.2, -0.15) is 0 Å². The number of amides is 1. The molecule has 2 aromatic rings. The molecule has 2 rings (SSSR count). The number of nitrogens with two attached hydrogens (primary N) is 2. The second-order valence-corrected chi connectivity index (χ2v) is 3.76. The summed E-state index contributed by atoms with van der Waals surface area (Å²) >= 11 is 0. The van der Waals surface area contributed by atoms with Crippen LogP contribution in [0.5, 0.6) is 0 Å². The standard InChI is InChI=1S/C12H15N5O/c13-5-6-15-12(14)17-11(18)9-7-16-10-4-2-1-3-8(9)10/h1-4,7,16H,5-6,13H2,(H3,14,15,17,18). The highest BCUT2D eigenvalue weighted by Gasteiger charge is 2.11. The van der Waals surface area contributed by atoms with Gasteiger partial charge in [0.05, 0.1) is 12.1 Å². The first-order valence-corrected chi connectivity index (χ1v) is 5.60. The Hall–Kier alpha value is -2.34. The highest BCUT2D eigenvalue weighted by atomic mass is 16.1. The number of aromatic amines is 1. The van der Waals surface area contributed by atoms with Gasteiger partial charge >= 0.3 is 0 Å². The van der Waals surface area contributed by atoms with Crippen molar-refractivity contribution in [3.63, 3.8) is 0 Å². The summed E-state index contributed by atoms with van der Waals surface area (Å²) in [4.78, 5) is 18.9.